The van der Waals surface area contributed by atoms with Gasteiger partial charge < -0.3 is 39.7 Å². The molecule has 3 fully saturated rings. The molecule has 0 bridgehead atoms. The number of fused-ring (bicyclic) bond motifs is 3. The molecule has 0 aliphatic carbocycles. The molecule has 0 spiro atoms. The Bertz CT molecular complexity index is 421. The van der Waals surface area contributed by atoms with Crippen molar-refractivity contribution in [2.45, 2.75) is 63.4 Å². The average Bonchev–Trinajstić information content (AvgIpc) is 2.67. The molecule has 3 unspecified atom stereocenters. The van der Waals surface area contributed by atoms with Crippen LogP contribution in [-0.2, 0) is 28.5 Å². The van der Waals surface area contributed by atoms with Gasteiger partial charge in [-0.05, 0) is 27.7 Å². The lowest BCUT2D eigenvalue weighted by molar-refractivity contribution is -0.325. The highest BCUT2D eigenvalue weighted by Gasteiger charge is 2.71. The maximum Gasteiger partial charge on any atom is 0.367 e. The number of carboxylic acids is 1. The van der Waals surface area contributed by atoms with E-state index in [0.29, 0.717) is 0 Å². The van der Waals surface area contributed by atoms with Crippen LogP contribution in [0.3, 0.4) is 0 Å². The minimum atomic E-state index is -1.82. The predicted octanol–water partition coefficient (Wildman–Crippen LogP) is -1.18. The van der Waals surface area contributed by atoms with E-state index in [9.17, 15) is 9.90 Å². The highest BCUT2D eigenvalue weighted by atomic mass is 16.9. The number of rotatable bonds is 1. The van der Waals surface area contributed by atoms with Crippen LogP contribution in [0.2, 0.25) is 0 Å². The van der Waals surface area contributed by atoms with Gasteiger partial charge in [-0.2, -0.15) is 0 Å². The smallest absolute Gasteiger partial charge is 0.367 e. The number of hydrogen-bond acceptors (Lipinski definition) is 6. The first kappa shape index (κ1) is 18.2. The van der Waals surface area contributed by atoms with Gasteiger partial charge >= 0.3 is 11.8 Å². The highest BCUT2D eigenvalue weighted by molar-refractivity contribution is 5.77. The molecule has 9 heteroatoms. The Hall–Kier alpha value is -0.810. The van der Waals surface area contributed by atoms with Crippen LogP contribution in [0.4, 0.5) is 0 Å². The average molecular weight is 310 g/mol. The second-order valence-electron chi connectivity index (χ2n) is 5.96. The molecule has 3 rings (SSSR count). The summed E-state index contributed by atoms with van der Waals surface area (Å²) in [6.45, 7) is 7.09. The number of carboxylic acid groups (broad SMARTS) is 1. The second kappa shape index (κ2) is 5.13. The van der Waals surface area contributed by atoms with Crippen LogP contribution in [0.5, 0.6) is 0 Å². The van der Waals surface area contributed by atoms with Crippen molar-refractivity contribution in [3.8, 4) is 0 Å². The van der Waals surface area contributed by atoms with Crippen LogP contribution in [0, 0.1) is 0 Å². The quantitative estimate of drug-likeness (QED) is 0.641. The Kier molecular flexibility index (Phi) is 4.45. The van der Waals surface area contributed by atoms with Gasteiger partial charge in [-0.1, -0.05) is 0 Å². The van der Waals surface area contributed by atoms with Gasteiger partial charge in [0.15, 0.2) is 17.7 Å². The van der Waals surface area contributed by atoms with Gasteiger partial charge in [0.05, 0.1) is 6.61 Å². The largest absolute Gasteiger partial charge is 0.477 e. The van der Waals surface area contributed by atoms with E-state index in [1.165, 1.54) is 0 Å². The molecule has 3 aliphatic rings. The van der Waals surface area contributed by atoms with Crippen LogP contribution in [0.1, 0.15) is 27.7 Å². The zero-order chi connectivity index (χ0) is 14.1. The molecule has 3 heterocycles. The Balaban J connectivity index is 0.00000110. The van der Waals surface area contributed by atoms with E-state index in [-0.39, 0.29) is 17.6 Å². The monoisotopic (exact) mass is 310 g/mol. The molecule has 0 radical (unpaired) electrons. The number of hydrogen-bond donors (Lipinski definition) is 1. The molecule has 5 N–H and O–H groups in total. The van der Waals surface area contributed by atoms with E-state index in [1.54, 1.807) is 27.7 Å². The molecule has 124 valence electrons. The Morgan fingerprint density at radius 3 is 2.24 bits per heavy atom. The molecule has 0 aromatic carbocycles. The summed E-state index contributed by atoms with van der Waals surface area (Å²) >= 11 is 0. The standard InChI is InChI=1S/C12H18O7.2H2O/c1-10(2)15-5-6-7(17-10)8-12(16-6,9(13)14)19-11(3,4)18-8;;/h6-8H,5H2,1-4H3,(H,13,14);2*1H2/t6?,7?,8?,12-;;/m1../s1. The lowest BCUT2D eigenvalue weighted by Crippen LogP contribution is -2.52. The molecular formula is C12H22O9. The molecule has 3 saturated heterocycles. The summed E-state index contributed by atoms with van der Waals surface area (Å²) in [7, 11) is 0. The van der Waals surface area contributed by atoms with Crippen molar-refractivity contribution in [1.29, 1.82) is 0 Å². The summed E-state index contributed by atoms with van der Waals surface area (Å²) in [4.78, 5) is 11.6. The van der Waals surface area contributed by atoms with Crippen molar-refractivity contribution in [3.05, 3.63) is 0 Å². The van der Waals surface area contributed by atoms with E-state index in [0.717, 1.165) is 0 Å². The molecule has 0 aromatic rings. The molecule has 0 aromatic heterocycles. The van der Waals surface area contributed by atoms with Crippen LogP contribution in [0.25, 0.3) is 0 Å². The van der Waals surface area contributed by atoms with Gasteiger partial charge in [0.1, 0.15) is 12.2 Å². The number of ether oxygens (including phenoxy) is 5. The Labute approximate surface area is 121 Å². The Morgan fingerprint density at radius 1 is 1.05 bits per heavy atom. The zero-order valence-corrected chi connectivity index (χ0v) is 12.3. The summed E-state index contributed by atoms with van der Waals surface area (Å²) in [6, 6.07) is 0. The van der Waals surface area contributed by atoms with Crippen molar-refractivity contribution in [3.63, 3.8) is 0 Å². The van der Waals surface area contributed by atoms with Crippen LogP contribution < -0.4 is 0 Å². The lowest BCUT2D eigenvalue weighted by Gasteiger charge is -2.38. The van der Waals surface area contributed by atoms with Crippen molar-refractivity contribution < 1.29 is 44.5 Å². The fourth-order valence-corrected chi connectivity index (χ4v) is 2.82. The molecule has 4 atom stereocenters. The van der Waals surface area contributed by atoms with E-state index in [2.05, 4.69) is 0 Å². The summed E-state index contributed by atoms with van der Waals surface area (Å²) < 4.78 is 28.0. The van der Waals surface area contributed by atoms with E-state index < -0.39 is 41.6 Å². The van der Waals surface area contributed by atoms with Crippen molar-refractivity contribution in [2.75, 3.05) is 6.61 Å². The molecule has 0 saturated carbocycles. The number of aliphatic carboxylic acids is 1. The third kappa shape index (κ3) is 2.66. The fraction of sp³-hybridized carbons (Fsp3) is 0.917. The highest BCUT2D eigenvalue weighted by Crippen LogP contribution is 2.48. The summed E-state index contributed by atoms with van der Waals surface area (Å²) in [5.41, 5.74) is 0. The van der Waals surface area contributed by atoms with Crippen LogP contribution in [-0.4, -0.2) is 64.3 Å². The molecule has 9 nitrogen and oxygen atoms in total. The second-order valence-corrected chi connectivity index (χ2v) is 5.96. The summed E-state index contributed by atoms with van der Waals surface area (Å²) in [5, 5.41) is 9.46. The lowest BCUT2D eigenvalue weighted by atomic mass is 10.0. The maximum absolute atomic E-state index is 11.6. The first-order valence-electron chi connectivity index (χ1n) is 6.26. The van der Waals surface area contributed by atoms with E-state index in [1.807, 2.05) is 0 Å². The van der Waals surface area contributed by atoms with Crippen molar-refractivity contribution in [2.24, 2.45) is 0 Å². The van der Waals surface area contributed by atoms with E-state index in [4.69, 9.17) is 23.7 Å². The third-order valence-corrected chi connectivity index (χ3v) is 3.49. The van der Waals surface area contributed by atoms with Crippen molar-refractivity contribution in [1.82, 2.24) is 0 Å². The predicted molar refractivity (Wildman–Crippen MR) is 67.4 cm³/mol. The van der Waals surface area contributed by atoms with Gasteiger partial charge in [0.25, 0.3) is 0 Å². The topological polar surface area (TPSA) is 146 Å². The van der Waals surface area contributed by atoms with Gasteiger partial charge in [0.2, 0.25) is 0 Å². The van der Waals surface area contributed by atoms with Gasteiger partial charge in [-0.15, -0.1) is 0 Å². The minimum Gasteiger partial charge on any atom is -0.477 e. The van der Waals surface area contributed by atoms with Crippen LogP contribution in [0.15, 0.2) is 0 Å². The maximum atomic E-state index is 11.6. The number of carbonyl (C=O) groups is 1. The molecular weight excluding hydrogens is 288 g/mol. The fourth-order valence-electron chi connectivity index (χ4n) is 2.82. The van der Waals surface area contributed by atoms with Crippen molar-refractivity contribution >= 4 is 5.97 Å². The SMILES string of the molecule is CC1(C)OCC2O[C@@]3(C(=O)O)OC(C)(C)OC3C2O1.O.O. The summed E-state index contributed by atoms with van der Waals surface area (Å²) in [5.74, 6) is -4.85. The van der Waals surface area contributed by atoms with Gasteiger partial charge in [-0.3, -0.25) is 0 Å². The van der Waals surface area contributed by atoms with Gasteiger partial charge in [-0.25, -0.2) is 4.79 Å². The minimum absolute atomic E-state index is 0. The third-order valence-electron chi connectivity index (χ3n) is 3.49. The molecule has 21 heavy (non-hydrogen) atoms. The van der Waals surface area contributed by atoms with Crippen LogP contribution >= 0.6 is 0 Å². The zero-order valence-electron chi connectivity index (χ0n) is 12.3. The normalized spacial score (nSPS) is 42.2. The Morgan fingerprint density at radius 2 is 1.67 bits per heavy atom. The van der Waals surface area contributed by atoms with Gasteiger partial charge in [0, 0.05) is 0 Å². The molecule has 3 aliphatic heterocycles. The first-order chi connectivity index (χ1) is 8.65. The first-order valence-corrected chi connectivity index (χ1v) is 6.26. The summed E-state index contributed by atoms with van der Waals surface area (Å²) in [6.07, 6.45) is -1.85. The van der Waals surface area contributed by atoms with E-state index >= 15 is 0 Å². The molecule has 0 amide bonds.